The van der Waals surface area contributed by atoms with Gasteiger partial charge in [-0.1, -0.05) is 30.3 Å². The van der Waals surface area contributed by atoms with E-state index >= 15 is 0 Å². The van der Waals surface area contributed by atoms with E-state index in [1.807, 2.05) is 37.3 Å². The van der Waals surface area contributed by atoms with Crippen LogP contribution < -0.4 is 5.73 Å². The third-order valence-corrected chi connectivity index (χ3v) is 4.37. The van der Waals surface area contributed by atoms with E-state index in [2.05, 4.69) is 4.90 Å². The van der Waals surface area contributed by atoms with Gasteiger partial charge in [0.2, 0.25) is 0 Å². The standard InChI is InChI=1S/C17H28N2O2/c1-2-21-16-9-6-11-19(13-16)12-10-17(18,14-20)15-7-4-3-5-8-15/h3-5,7-8,16,20H,2,6,9-14,18H2,1H3. The molecule has 2 unspecified atom stereocenters. The van der Waals surface area contributed by atoms with Crippen molar-refractivity contribution in [3.8, 4) is 0 Å². The van der Waals surface area contributed by atoms with Gasteiger partial charge in [0, 0.05) is 19.7 Å². The first-order chi connectivity index (χ1) is 10.2. The predicted octanol–water partition coefficient (Wildman–Crippen LogP) is 1.72. The van der Waals surface area contributed by atoms with Gasteiger partial charge in [-0.25, -0.2) is 0 Å². The number of aliphatic hydroxyl groups is 1. The number of hydrogen-bond acceptors (Lipinski definition) is 4. The van der Waals surface area contributed by atoms with Gasteiger partial charge in [0.1, 0.15) is 0 Å². The zero-order valence-corrected chi connectivity index (χ0v) is 13.0. The molecule has 4 heteroatoms. The maximum absolute atomic E-state index is 9.74. The van der Waals surface area contributed by atoms with Gasteiger partial charge in [-0.3, -0.25) is 0 Å². The SMILES string of the molecule is CCOC1CCCN(CCC(N)(CO)c2ccccc2)C1. The molecule has 1 heterocycles. The highest BCUT2D eigenvalue weighted by Gasteiger charge is 2.28. The highest BCUT2D eigenvalue weighted by Crippen LogP contribution is 2.23. The first-order valence-electron chi connectivity index (χ1n) is 7.97. The molecule has 21 heavy (non-hydrogen) atoms. The van der Waals surface area contributed by atoms with Crippen molar-refractivity contribution in [2.45, 2.75) is 37.8 Å². The van der Waals surface area contributed by atoms with Crippen LogP contribution in [0.3, 0.4) is 0 Å². The Kier molecular flexibility index (Phi) is 6.18. The summed E-state index contributed by atoms with van der Waals surface area (Å²) in [6.07, 6.45) is 3.43. The van der Waals surface area contributed by atoms with Crippen LogP contribution in [0.5, 0.6) is 0 Å². The lowest BCUT2D eigenvalue weighted by Gasteiger charge is -2.35. The summed E-state index contributed by atoms with van der Waals surface area (Å²) in [7, 11) is 0. The number of hydrogen-bond donors (Lipinski definition) is 2. The van der Waals surface area contributed by atoms with Gasteiger partial charge in [0.05, 0.1) is 18.2 Å². The van der Waals surface area contributed by atoms with E-state index in [0.29, 0.717) is 6.10 Å². The summed E-state index contributed by atoms with van der Waals surface area (Å²) in [4.78, 5) is 2.41. The monoisotopic (exact) mass is 292 g/mol. The number of aliphatic hydroxyl groups excluding tert-OH is 1. The van der Waals surface area contributed by atoms with Crippen LogP contribution in [-0.2, 0) is 10.3 Å². The van der Waals surface area contributed by atoms with E-state index in [1.165, 1.54) is 6.42 Å². The lowest BCUT2D eigenvalue weighted by Crippen LogP contribution is -2.46. The summed E-state index contributed by atoms with van der Waals surface area (Å²) >= 11 is 0. The fraction of sp³-hybridized carbons (Fsp3) is 0.647. The maximum atomic E-state index is 9.74. The fourth-order valence-electron chi connectivity index (χ4n) is 3.03. The van der Waals surface area contributed by atoms with Crippen molar-refractivity contribution in [1.29, 1.82) is 0 Å². The summed E-state index contributed by atoms with van der Waals surface area (Å²) < 4.78 is 5.73. The molecule has 118 valence electrons. The molecular formula is C17H28N2O2. The van der Waals surface area contributed by atoms with Crippen LogP contribution in [-0.4, -0.2) is 49.0 Å². The highest BCUT2D eigenvalue weighted by atomic mass is 16.5. The molecule has 0 bridgehead atoms. The van der Waals surface area contributed by atoms with Crippen molar-refractivity contribution >= 4 is 0 Å². The first-order valence-corrected chi connectivity index (χ1v) is 7.97. The smallest absolute Gasteiger partial charge is 0.0702 e. The second-order valence-corrected chi connectivity index (χ2v) is 5.95. The molecule has 1 aromatic carbocycles. The number of ether oxygens (including phenoxy) is 1. The van der Waals surface area contributed by atoms with Crippen LogP contribution >= 0.6 is 0 Å². The van der Waals surface area contributed by atoms with Gasteiger partial charge in [-0.05, 0) is 38.3 Å². The number of likely N-dealkylation sites (tertiary alicyclic amines) is 1. The van der Waals surface area contributed by atoms with E-state index in [4.69, 9.17) is 10.5 Å². The number of nitrogens with two attached hydrogens (primary N) is 1. The van der Waals surface area contributed by atoms with E-state index in [-0.39, 0.29) is 6.61 Å². The fourth-order valence-corrected chi connectivity index (χ4v) is 3.03. The molecule has 1 aliphatic heterocycles. The van der Waals surface area contributed by atoms with Crippen molar-refractivity contribution in [1.82, 2.24) is 4.90 Å². The Balaban J connectivity index is 1.91. The van der Waals surface area contributed by atoms with Crippen LogP contribution in [0.2, 0.25) is 0 Å². The van der Waals surface area contributed by atoms with E-state index < -0.39 is 5.54 Å². The molecule has 1 saturated heterocycles. The molecule has 4 nitrogen and oxygen atoms in total. The third-order valence-electron chi connectivity index (χ3n) is 4.37. The molecule has 0 aromatic heterocycles. The number of nitrogens with zero attached hydrogens (tertiary/aromatic N) is 1. The Hall–Kier alpha value is -0.940. The van der Waals surface area contributed by atoms with Gasteiger partial charge in [-0.2, -0.15) is 0 Å². The van der Waals surface area contributed by atoms with Crippen LogP contribution in [0.25, 0.3) is 0 Å². The zero-order valence-electron chi connectivity index (χ0n) is 13.0. The second-order valence-electron chi connectivity index (χ2n) is 5.95. The zero-order chi connectivity index (χ0) is 15.1. The summed E-state index contributed by atoms with van der Waals surface area (Å²) in [5, 5.41) is 9.74. The molecule has 1 fully saturated rings. The van der Waals surface area contributed by atoms with Crippen molar-refractivity contribution < 1.29 is 9.84 Å². The third kappa shape index (κ3) is 4.51. The van der Waals surface area contributed by atoms with Crippen LogP contribution in [0.4, 0.5) is 0 Å². The average Bonchev–Trinajstić information content (AvgIpc) is 2.54. The summed E-state index contributed by atoms with van der Waals surface area (Å²) in [5.74, 6) is 0. The topological polar surface area (TPSA) is 58.7 Å². The summed E-state index contributed by atoms with van der Waals surface area (Å²) in [6.45, 7) is 5.77. The summed E-state index contributed by atoms with van der Waals surface area (Å²) in [5.41, 5.74) is 6.77. The highest BCUT2D eigenvalue weighted by molar-refractivity contribution is 5.24. The molecule has 0 saturated carbocycles. The Morgan fingerprint density at radius 2 is 2.14 bits per heavy atom. The van der Waals surface area contributed by atoms with Gasteiger partial charge < -0.3 is 20.5 Å². The second kappa shape index (κ2) is 7.90. The lowest BCUT2D eigenvalue weighted by molar-refractivity contribution is 0.00311. The molecule has 0 amide bonds. The Morgan fingerprint density at radius 1 is 1.38 bits per heavy atom. The number of piperidine rings is 1. The minimum absolute atomic E-state index is 0.0280. The molecule has 1 aromatic rings. The van der Waals surface area contributed by atoms with Gasteiger partial charge in [0.25, 0.3) is 0 Å². The van der Waals surface area contributed by atoms with Crippen molar-refractivity contribution in [3.05, 3.63) is 35.9 Å². The molecular weight excluding hydrogens is 264 g/mol. The molecule has 3 N–H and O–H groups in total. The molecule has 0 aliphatic carbocycles. The maximum Gasteiger partial charge on any atom is 0.0702 e. The van der Waals surface area contributed by atoms with Gasteiger partial charge in [0.15, 0.2) is 0 Å². The first kappa shape index (κ1) is 16.4. The minimum atomic E-state index is -0.653. The minimum Gasteiger partial charge on any atom is -0.394 e. The predicted molar refractivity (Wildman–Crippen MR) is 85.1 cm³/mol. The van der Waals surface area contributed by atoms with Crippen molar-refractivity contribution in [2.75, 3.05) is 32.8 Å². The summed E-state index contributed by atoms with van der Waals surface area (Å²) in [6, 6.07) is 9.90. The average molecular weight is 292 g/mol. The van der Waals surface area contributed by atoms with Crippen molar-refractivity contribution in [3.63, 3.8) is 0 Å². The number of rotatable bonds is 7. The van der Waals surface area contributed by atoms with E-state index in [0.717, 1.165) is 44.6 Å². The largest absolute Gasteiger partial charge is 0.394 e. The van der Waals surface area contributed by atoms with Gasteiger partial charge in [-0.15, -0.1) is 0 Å². The molecule has 0 radical (unpaired) electrons. The normalized spacial score (nSPS) is 22.9. The molecule has 2 rings (SSSR count). The van der Waals surface area contributed by atoms with E-state index in [9.17, 15) is 5.11 Å². The van der Waals surface area contributed by atoms with Crippen LogP contribution in [0.15, 0.2) is 30.3 Å². The quantitative estimate of drug-likeness (QED) is 0.803. The Morgan fingerprint density at radius 3 is 2.81 bits per heavy atom. The molecule has 0 spiro atoms. The van der Waals surface area contributed by atoms with Crippen molar-refractivity contribution in [2.24, 2.45) is 5.73 Å². The molecule has 2 atom stereocenters. The molecule has 1 aliphatic rings. The Bertz CT molecular complexity index is 411. The van der Waals surface area contributed by atoms with Gasteiger partial charge >= 0.3 is 0 Å². The lowest BCUT2D eigenvalue weighted by atomic mass is 9.88. The van der Waals surface area contributed by atoms with E-state index in [1.54, 1.807) is 0 Å². The van der Waals surface area contributed by atoms with Crippen LogP contribution in [0.1, 0.15) is 31.7 Å². The Labute approximate surface area is 127 Å². The van der Waals surface area contributed by atoms with Crippen LogP contribution in [0, 0.1) is 0 Å². The number of benzene rings is 1.